The van der Waals surface area contributed by atoms with Gasteiger partial charge in [0.1, 0.15) is 11.4 Å². The fraction of sp³-hybridized carbons (Fsp3) is 0.680. The number of aryl methyl sites for hydroxylation is 1. The summed E-state index contributed by atoms with van der Waals surface area (Å²) in [4.78, 5) is 27.9. The number of benzene rings is 1. The van der Waals surface area contributed by atoms with Crippen LogP contribution in [0.15, 0.2) is 18.2 Å². The SMILES string of the molecule is CC(C)[C@H]1c2ccc(F)cc2CC[C@@]1(CCN(C)CCCC(=O)O)OC(=O)N1CCOCC1. The number of fused-ring (bicyclic) bond motifs is 1. The van der Waals surface area contributed by atoms with Crippen molar-refractivity contribution in [2.45, 2.75) is 57.5 Å². The molecule has 184 valence electrons. The molecule has 1 aliphatic carbocycles. The molecule has 1 aromatic carbocycles. The third-order valence-electron chi connectivity index (χ3n) is 6.90. The minimum atomic E-state index is -0.796. The fourth-order valence-electron chi connectivity index (χ4n) is 5.27. The monoisotopic (exact) mass is 464 g/mol. The van der Waals surface area contributed by atoms with E-state index in [0.29, 0.717) is 65.1 Å². The molecule has 0 unspecified atom stereocenters. The molecule has 1 N–H and O–H groups in total. The molecule has 0 bridgehead atoms. The molecule has 1 aromatic rings. The van der Waals surface area contributed by atoms with Gasteiger partial charge in [0.05, 0.1) is 13.2 Å². The average molecular weight is 465 g/mol. The van der Waals surface area contributed by atoms with E-state index in [2.05, 4.69) is 18.7 Å². The first-order chi connectivity index (χ1) is 15.7. The van der Waals surface area contributed by atoms with E-state index in [1.807, 2.05) is 13.1 Å². The number of hydrogen-bond acceptors (Lipinski definition) is 5. The van der Waals surface area contributed by atoms with Crippen molar-refractivity contribution in [3.8, 4) is 0 Å². The van der Waals surface area contributed by atoms with Crippen molar-refractivity contribution < 1.29 is 28.6 Å². The molecule has 1 saturated heterocycles. The van der Waals surface area contributed by atoms with Crippen molar-refractivity contribution in [3.63, 3.8) is 0 Å². The molecule has 1 aliphatic heterocycles. The van der Waals surface area contributed by atoms with E-state index in [9.17, 15) is 14.0 Å². The van der Waals surface area contributed by atoms with Crippen LogP contribution in [0.5, 0.6) is 0 Å². The standard InChI is InChI=1S/C25H37FN2O5/c1-18(2)23-21-7-6-20(26)17-19(21)8-9-25(23,10-12-27(3)11-4-5-22(29)30)33-24(31)28-13-15-32-16-14-28/h6-7,17-18,23H,4-5,8-16H2,1-3H3,(H,29,30)/t23-,25-/m0/s1. The first-order valence-corrected chi connectivity index (χ1v) is 12.0. The third-order valence-corrected chi connectivity index (χ3v) is 6.90. The van der Waals surface area contributed by atoms with Crippen LogP contribution in [0.1, 0.15) is 56.6 Å². The van der Waals surface area contributed by atoms with E-state index in [4.69, 9.17) is 14.6 Å². The lowest BCUT2D eigenvalue weighted by Crippen LogP contribution is -2.52. The number of rotatable bonds is 9. The summed E-state index contributed by atoms with van der Waals surface area (Å²) in [5.41, 5.74) is 1.33. The van der Waals surface area contributed by atoms with Crippen LogP contribution in [0.25, 0.3) is 0 Å². The fourth-order valence-corrected chi connectivity index (χ4v) is 5.27. The zero-order chi connectivity index (χ0) is 24.0. The topological polar surface area (TPSA) is 79.3 Å². The zero-order valence-corrected chi connectivity index (χ0v) is 20.0. The average Bonchev–Trinajstić information content (AvgIpc) is 2.78. The first kappa shape index (κ1) is 25.4. The molecule has 0 saturated carbocycles. The number of morpholine rings is 1. The van der Waals surface area contributed by atoms with Gasteiger partial charge in [0.25, 0.3) is 0 Å². The Hall–Kier alpha value is -2.19. The summed E-state index contributed by atoms with van der Waals surface area (Å²) >= 11 is 0. The van der Waals surface area contributed by atoms with Gasteiger partial charge in [-0.25, -0.2) is 9.18 Å². The third kappa shape index (κ3) is 6.44. The van der Waals surface area contributed by atoms with Gasteiger partial charge in [-0.2, -0.15) is 0 Å². The predicted molar refractivity (Wildman–Crippen MR) is 123 cm³/mol. The molecule has 0 spiro atoms. The summed E-state index contributed by atoms with van der Waals surface area (Å²) in [6, 6.07) is 4.95. The van der Waals surface area contributed by atoms with Crippen molar-refractivity contribution in [3.05, 3.63) is 35.1 Å². The minimum absolute atomic E-state index is 0.0562. The van der Waals surface area contributed by atoms with Gasteiger partial charge in [0.15, 0.2) is 0 Å². The number of amides is 1. The molecule has 33 heavy (non-hydrogen) atoms. The molecule has 7 nitrogen and oxygen atoms in total. The quantitative estimate of drug-likeness (QED) is 0.597. The number of aliphatic carboxylic acids is 1. The van der Waals surface area contributed by atoms with Gasteiger partial charge in [0, 0.05) is 38.4 Å². The molecule has 0 radical (unpaired) electrons. The zero-order valence-electron chi connectivity index (χ0n) is 20.0. The minimum Gasteiger partial charge on any atom is -0.481 e. The molecular formula is C25H37FN2O5. The Morgan fingerprint density at radius 1 is 1.30 bits per heavy atom. The number of hydrogen-bond donors (Lipinski definition) is 1. The van der Waals surface area contributed by atoms with Gasteiger partial charge in [-0.1, -0.05) is 19.9 Å². The van der Waals surface area contributed by atoms with Crippen LogP contribution in [0.3, 0.4) is 0 Å². The maximum atomic E-state index is 13.9. The predicted octanol–water partition coefficient (Wildman–Crippen LogP) is 3.91. The van der Waals surface area contributed by atoms with Crippen LogP contribution >= 0.6 is 0 Å². The first-order valence-electron chi connectivity index (χ1n) is 12.0. The summed E-state index contributed by atoms with van der Waals surface area (Å²) in [6.07, 6.45) is 2.30. The molecule has 1 fully saturated rings. The number of carbonyl (C=O) groups excluding carboxylic acids is 1. The summed E-state index contributed by atoms with van der Waals surface area (Å²) < 4.78 is 25.7. The Bertz CT molecular complexity index is 827. The second kappa shape index (κ2) is 11.3. The Kier molecular flexibility index (Phi) is 8.70. The largest absolute Gasteiger partial charge is 0.481 e. The Morgan fingerprint density at radius 2 is 2.03 bits per heavy atom. The molecule has 2 aliphatic rings. The molecular weight excluding hydrogens is 427 g/mol. The summed E-state index contributed by atoms with van der Waals surface area (Å²) in [5.74, 6) is -0.911. The van der Waals surface area contributed by atoms with Gasteiger partial charge in [0.2, 0.25) is 0 Å². The van der Waals surface area contributed by atoms with E-state index >= 15 is 0 Å². The summed E-state index contributed by atoms with van der Waals surface area (Å²) in [6.45, 7) is 7.61. The summed E-state index contributed by atoms with van der Waals surface area (Å²) in [5, 5.41) is 8.92. The Balaban J connectivity index is 1.84. The van der Waals surface area contributed by atoms with E-state index in [-0.39, 0.29) is 30.2 Å². The number of carboxylic acid groups (broad SMARTS) is 1. The number of nitrogens with zero attached hydrogens (tertiary/aromatic N) is 2. The van der Waals surface area contributed by atoms with E-state index in [0.717, 1.165) is 11.1 Å². The number of carbonyl (C=O) groups is 2. The Morgan fingerprint density at radius 3 is 2.70 bits per heavy atom. The van der Waals surface area contributed by atoms with Crippen LogP contribution in [0.2, 0.25) is 0 Å². The lowest BCUT2D eigenvalue weighted by Gasteiger charge is -2.47. The van der Waals surface area contributed by atoms with Crippen molar-refractivity contribution in [2.75, 3.05) is 46.4 Å². The molecule has 8 heteroatoms. The van der Waals surface area contributed by atoms with Crippen LogP contribution in [-0.4, -0.2) is 79.0 Å². The molecule has 2 atom stereocenters. The number of carboxylic acids is 1. The van der Waals surface area contributed by atoms with Crippen LogP contribution in [0.4, 0.5) is 9.18 Å². The highest BCUT2D eigenvalue weighted by molar-refractivity contribution is 5.68. The van der Waals surface area contributed by atoms with Crippen molar-refractivity contribution in [1.29, 1.82) is 0 Å². The highest BCUT2D eigenvalue weighted by Gasteiger charge is 2.48. The van der Waals surface area contributed by atoms with Crippen LogP contribution < -0.4 is 0 Å². The van der Waals surface area contributed by atoms with Crippen molar-refractivity contribution in [2.24, 2.45) is 5.92 Å². The van der Waals surface area contributed by atoms with Crippen LogP contribution in [0, 0.1) is 11.7 Å². The van der Waals surface area contributed by atoms with E-state index < -0.39 is 11.6 Å². The highest BCUT2D eigenvalue weighted by Crippen LogP contribution is 2.48. The van der Waals surface area contributed by atoms with Gasteiger partial charge in [-0.3, -0.25) is 4.79 Å². The normalized spacial score (nSPS) is 23.0. The lowest BCUT2D eigenvalue weighted by atomic mass is 9.65. The number of halogens is 1. The maximum absolute atomic E-state index is 13.9. The second-order valence-electron chi connectivity index (χ2n) is 9.65. The Labute approximate surface area is 195 Å². The molecule has 1 heterocycles. The smallest absolute Gasteiger partial charge is 0.410 e. The van der Waals surface area contributed by atoms with Crippen molar-refractivity contribution in [1.82, 2.24) is 9.80 Å². The summed E-state index contributed by atoms with van der Waals surface area (Å²) in [7, 11) is 1.97. The van der Waals surface area contributed by atoms with Gasteiger partial charge >= 0.3 is 12.1 Å². The van der Waals surface area contributed by atoms with Gasteiger partial charge < -0.3 is 24.4 Å². The number of ether oxygens (including phenoxy) is 2. The molecule has 0 aromatic heterocycles. The highest BCUT2D eigenvalue weighted by atomic mass is 19.1. The van der Waals surface area contributed by atoms with Gasteiger partial charge in [-0.15, -0.1) is 0 Å². The van der Waals surface area contributed by atoms with Crippen molar-refractivity contribution >= 4 is 12.1 Å². The maximum Gasteiger partial charge on any atom is 0.410 e. The van der Waals surface area contributed by atoms with Gasteiger partial charge in [-0.05, 0) is 62.0 Å². The second-order valence-corrected chi connectivity index (χ2v) is 9.65. The van der Waals surface area contributed by atoms with E-state index in [1.165, 1.54) is 6.07 Å². The lowest BCUT2D eigenvalue weighted by molar-refractivity contribution is -0.137. The van der Waals surface area contributed by atoms with E-state index in [1.54, 1.807) is 11.0 Å². The molecule has 3 rings (SSSR count). The molecule has 1 amide bonds. The van der Waals surface area contributed by atoms with Crippen LogP contribution in [-0.2, 0) is 20.7 Å².